The Labute approximate surface area is 113 Å². The highest BCUT2D eigenvalue weighted by atomic mass is 16.3. The van der Waals surface area contributed by atoms with E-state index in [-0.39, 0.29) is 5.92 Å². The van der Waals surface area contributed by atoms with Gasteiger partial charge in [0.25, 0.3) is 5.91 Å². The van der Waals surface area contributed by atoms with Crippen LogP contribution in [0, 0.1) is 12.8 Å². The quantitative estimate of drug-likeness (QED) is 0.661. The number of aliphatic hydroxyl groups excluding tert-OH is 1. The number of aliphatic hydroxyl groups is 1. The van der Waals surface area contributed by atoms with Crippen LogP contribution in [-0.4, -0.2) is 40.9 Å². The summed E-state index contributed by atoms with van der Waals surface area (Å²) in [5.74, 6) is -0.854. The fraction of sp³-hybridized carbons (Fsp3) is 0.467. The minimum atomic E-state index is -0.466. The summed E-state index contributed by atoms with van der Waals surface area (Å²) in [7, 11) is 0. The summed E-state index contributed by atoms with van der Waals surface area (Å²) in [5.41, 5.74) is 1.48. The van der Waals surface area contributed by atoms with E-state index in [1.54, 1.807) is 24.0 Å². The molecule has 1 aromatic rings. The smallest absolute Gasteiger partial charge is 0.294 e. The number of carbonyl (C=O) groups is 2. The van der Waals surface area contributed by atoms with E-state index >= 15 is 0 Å². The minimum absolute atomic E-state index is 0.0785. The number of carbonyl (C=O) groups excluding carboxylic acids is 2. The number of rotatable bonds is 3. The maximum atomic E-state index is 12.1. The van der Waals surface area contributed by atoms with Crippen LogP contribution in [-0.2, 0) is 4.79 Å². The molecule has 102 valence electrons. The summed E-state index contributed by atoms with van der Waals surface area (Å²) in [4.78, 5) is 25.7. The van der Waals surface area contributed by atoms with Gasteiger partial charge in [-0.25, -0.2) is 0 Å². The zero-order chi connectivity index (χ0) is 14.0. The van der Waals surface area contributed by atoms with Crippen molar-refractivity contribution in [2.45, 2.75) is 26.4 Å². The highest BCUT2D eigenvalue weighted by molar-refractivity contribution is 6.42. The van der Waals surface area contributed by atoms with Gasteiger partial charge in [-0.3, -0.25) is 9.59 Å². The van der Waals surface area contributed by atoms with Gasteiger partial charge in [0, 0.05) is 24.6 Å². The summed E-state index contributed by atoms with van der Waals surface area (Å²) >= 11 is 0. The first-order chi connectivity index (χ1) is 8.99. The van der Waals surface area contributed by atoms with Crippen LogP contribution >= 0.6 is 0 Å². The average Bonchev–Trinajstić information content (AvgIpc) is 2.87. The Morgan fingerprint density at radius 1 is 1.32 bits per heavy atom. The third-order valence-electron chi connectivity index (χ3n) is 3.70. The molecule has 4 heteroatoms. The second-order valence-corrected chi connectivity index (χ2v) is 5.24. The first-order valence-electron chi connectivity index (χ1n) is 6.57. The van der Waals surface area contributed by atoms with Crippen molar-refractivity contribution in [2.24, 2.45) is 5.92 Å². The van der Waals surface area contributed by atoms with Gasteiger partial charge in [0.05, 0.1) is 6.10 Å². The van der Waals surface area contributed by atoms with E-state index in [2.05, 4.69) is 0 Å². The maximum Gasteiger partial charge on any atom is 0.294 e. The number of ketones is 1. The van der Waals surface area contributed by atoms with Gasteiger partial charge in [-0.2, -0.15) is 0 Å². The molecule has 4 nitrogen and oxygen atoms in total. The Balaban J connectivity index is 2.04. The zero-order valence-corrected chi connectivity index (χ0v) is 11.3. The molecule has 0 radical (unpaired) electrons. The molecule has 0 bridgehead atoms. The molecular formula is C15H19NO3. The van der Waals surface area contributed by atoms with Crippen molar-refractivity contribution < 1.29 is 14.7 Å². The van der Waals surface area contributed by atoms with Gasteiger partial charge in [-0.15, -0.1) is 0 Å². The molecule has 1 amide bonds. The lowest BCUT2D eigenvalue weighted by molar-refractivity contribution is -0.125. The third-order valence-corrected chi connectivity index (χ3v) is 3.70. The normalized spacial score (nSPS) is 20.4. The van der Waals surface area contributed by atoms with Crippen LogP contribution in [0.5, 0.6) is 0 Å². The molecule has 19 heavy (non-hydrogen) atoms. The fourth-order valence-corrected chi connectivity index (χ4v) is 2.34. The van der Waals surface area contributed by atoms with Crippen LogP contribution < -0.4 is 0 Å². The average molecular weight is 261 g/mol. The first kappa shape index (κ1) is 13.7. The summed E-state index contributed by atoms with van der Waals surface area (Å²) in [6.45, 7) is 4.67. The Morgan fingerprint density at radius 3 is 2.47 bits per heavy atom. The van der Waals surface area contributed by atoms with Crippen LogP contribution in [0.1, 0.15) is 29.3 Å². The summed E-state index contributed by atoms with van der Waals surface area (Å²) in [6, 6.07) is 7.00. The van der Waals surface area contributed by atoms with Crippen LogP contribution in [0.15, 0.2) is 24.3 Å². The van der Waals surface area contributed by atoms with Gasteiger partial charge in [0.15, 0.2) is 0 Å². The van der Waals surface area contributed by atoms with Crippen LogP contribution in [0.4, 0.5) is 0 Å². The van der Waals surface area contributed by atoms with Crippen LogP contribution in [0.2, 0.25) is 0 Å². The number of aryl methyl sites for hydroxylation is 1. The lowest BCUT2D eigenvalue weighted by Crippen LogP contribution is -2.35. The molecule has 0 saturated carbocycles. The number of amides is 1. The topological polar surface area (TPSA) is 57.6 Å². The van der Waals surface area contributed by atoms with E-state index in [0.717, 1.165) is 12.0 Å². The Bertz CT molecular complexity index is 479. The lowest BCUT2D eigenvalue weighted by Gasteiger charge is -2.16. The van der Waals surface area contributed by atoms with Crippen LogP contribution in [0.25, 0.3) is 0 Å². The second-order valence-electron chi connectivity index (χ2n) is 5.24. The van der Waals surface area contributed by atoms with Crippen LogP contribution in [0.3, 0.4) is 0 Å². The van der Waals surface area contributed by atoms with E-state index in [1.165, 1.54) is 0 Å². The molecule has 2 unspecified atom stereocenters. The highest BCUT2D eigenvalue weighted by Crippen LogP contribution is 2.20. The van der Waals surface area contributed by atoms with Gasteiger partial charge in [-0.05, 0) is 20.3 Å². The Hall–Kier alpha value is -1.68. The van der Waals surface area contributed by atoms with E-state index in [1.807, 2.05) is 19.1 Å². The van der Waals surface area contributed by atoms with E-state index in [9.17, 15) is 14.7 Å². The van der Waals surface area contributed by atoms with E-state index in [0.29, 0.717) is 18.7 Å². The summed E-state index contributed by atoms with van der Waals surface area (Å²) < 4.78 is 0. The molecule has 1 fully saturated rings. The maximum absolute atomic E-state index is 12.1. The number of Topliss-reactive ketones (excluding diaryl/α,β-unsaturated/α-hetero) is 1. The molecule has 2 rings (SSSR count). The Morgan fingerprint density at radius 2 is 1.95 bits per heavy atom. The molecule has 1 N–H and O–H groups in total. The predicted molar refractivity (Wildman–Crippen MR) is 71.9 cm³/mol. The number of likely N-dealkylation sites (tertiary alicyclic amines) is 1. The lowest BCUT2D eigenvalue weighted by atomic mass is 10.0. The van der Waals surface area contributed by atoms with E-state index in [4.69, 9.17) is 0 Å². The van der Waals surface area contributed by atoms with Crippen molar-refractivity contribution in [1.29, 1.82) is 0 Å². The van der Waals surface area contributed by atoms with Crippen molar-refractivity contribution in [3.05, 3.63) is 35.4 Å². The highest BCUT2D eigenvalue weighted by Gasteiger charge is 2.32. The largest absolute Gasteiger partial charge is 0.393 e. The van der Waals surface area contributed by atoms with Crippen molar-refractivity contribution in [3.63, 3.8) is 0 Å². The van der Waals surface area contributed by atoms with Crippen molar-refractivity contribution in [3.8, 4) is 0 Å². The van der Waals surface area contributed by atoms with Gasteiger partial charge in [0.2, 0.25) is 5.78 Å². The third kappa shape index (κ3) is 3.01. The van der Waals surface area contributed by atoms with Gasteiger partial charge < -0.3 is 10.0 Å². The number of hydrogen-bond donors (Lipinski definition) is 1. The van der Waals surface area contributed by atoms with Gasteiger partial charge >= 0.3 is 0 Å². The molecule has 0 aliphatic carbocycles. The molecule has 2 atom stereocenters. The van der Waals surface area contributed by atoms with Crippen molar-refractivity contribution in [1.82, 2.24) is 4.90 Å². The minimum Gasteiger partial charge on any atom is -0.393 e. The summed E-state index contributed by atoms with van der Waals surface area (Å²) in [5, 5.41) is 9.51. The van der Waals surface area contributed by atoms with Crippen molar-refractivity contribution in [2.75, 3.05) is 13.1 Å². The molecule has 1 saturated heterocycles. The standard InChI is InChI=1S/C15H19NO3/c1-10-3-5-12(6-4-10)14(18)15(19)16-8-7-13(9-16)11(2)17/h3-6,11,13,17H,7-9H2,1-2H3. The molecule has 1 aromatic carbocycles. The Kier molecular flexibility index (Phi) is 4.00. The molecule has 0 spiro atoms. The molecule has 1 aliphatic rings. The molecule has 0 aromatic heterocycles. The molecule has 1 aliphatic heterocycles. The zero-order valence-electron chi connectivity index (χ0n) is 11.3. The second kappa shape index (κ2) is 5.53. The number of benzene rings is 1. The van der Waals surface area contributed by atoms with Gasteiger partial charge in [-0.1, -0.05) is 29.8 Å². The SMILES string of the molecule is Cc1ccc(C(=O)C(=O)N2CCC(C(C)O)C2)cc1. The van der Waals surface area contributed by atoms with Crippen molar-refractivity contribution >= 4 is 11.7 Å². The number of hydrogen-bond acceptors (Lipinski definition) is 3. The van der Waals surface area contributed by atoms with E-state index < -0.39 is 17.8 Å². The summed E-state index contributed by atoms with van der Waals surface area (Å²) in [6.07, 6.45) is 0.317. The van der Waals surface area contributed by atoms with Gasteiger partial charge in [0.1, 0.15) is 0 Å². The number of nitrogens with zero attached hydrogens (tertiary/aromatic N) is 1. The fourth-order valence-electron chi connectivity index (χ4n) is 2.34. The predicted octanol–water partition coefficient (Wildman–Crippen LogP) is 1.41. The molecule has 1 heterocycles. The first-order valence-corrected chi connectivity index (χ1v) is 6.57. The monoisotopic (exact) mass is 261 g/mol. The molecular weight excluding hydrogens is 242 g/mol.